The zero-order chi connectivity index (χ0) is 9.90. The van der Waals surface area contributed by atoms with Crippen molar-refractivity contribution >= 4 is 5.91 Å². The molecule has 1 saturated heterocycles. The summed E-state index contributed by atoms with van der Waals surface area (Å²) in [4.78, 5) is 11.3. The van der Waals surface area contributed by atoms with E-state index in [1.807, 2.05) is 0 Å². The van der Waals surface area contributed by atoms with Gasteiger partial charge in [0.25, 0.3) is 0 Å². The Balaban J connectivity index is 2.69. The summed E-state index contributed by atoms with van der Waals surface area (Å²) >= 11 is 0. The first-order chi connectivity index (χ1) is 6.14. The van der Waals surface area contributed by atoms with Gasteiger partial charge in [-0.05, 0) is 19.9 Å². The van der Waals surface area contributed by atoms with Crippen molar-refractivity contribution in [3.63, 3.8) is 0 Å². The molecule has 0 bridgehead atoms. The van der Waals surface area contributed by atoms with Crippen LogP contribution < -0.4 is 11.1 Å². The molecule has 1 heterocycles. The molecule has 0 aliphatic carbocycles. The first-order valence-electron chi connectivity index (χ1n) is 4.75. The maximum absolute atomic E-state index is 11.3. The van der Waals surface area contributed by atoms with Crippen LogP contribution in [0, 0.1) is 0 Å². The number of rotatable bonds is 3. The highest BCUT2D eigenvalue weighted by Gasteiger charge is 2.40. The Morgan fingerprint density at radius 2 is 2.46 bits per heavy atom. The largest absolute Gasteiger partial charge is 0.378 e. The first kappa shape index (κ1) is 10.5. The minimum absolute atomic E-state index is 0.161. The second-order valence-electron chi connectivity index (χ2n) is 3.55. The molecular weight excluding hydrogens is 168 g/mol. The van der Waals surface area contributed by atoms with Crippen molar-refractivity contribution in [1.82, 2.24) is 5.32 Å². The normalized spacial score (nSPS) is 34.5. The average Bonchev–Trinajstić information content (AvgIpc) is 2.17. The zero-order valence-corrected chi connectivity index (χ0v) is 8.30. The number of ether oxygens (including phenoxy) is 1. The molecule has 0 aromatic rings. The van der Waals surface area contributed by atoms with Crippen LogP contribution >= 0.6 is 0 Å². The minimum Gasteiger partial charge on any atom is -0.378 e. The van der Waals surface area contributed by atoms with Crippen LogP contribution in [0.5, 0.6) is 0 Å². The number of amides is 1. The quantitative estimate of drug-likeness (QED) is 0.653. The molecule has 1 amide bonds. The third-order valence-corrected chi connectivity index (χ3v) is 2.86. The Morgan fingerprint density at radius 1 is 1.77 bits per heavy atom. The van der Waals surface area contributed by atoms with Crippen LogP contribution in [0.4, 0.5) is 0 Å². The molecule has 0 aromatic heterocycles. The Labute approximate surface area is 78.8 Å². The van der Waals surface area contributed by atoms with Gasteiger partial charge < -0.3 is 15.8 Å². The summed E-state index contributed by atoms with van der Waals surface area (Å²) in [7, 11) is 1.78. The van der Waals surface area contributed by atoms with Crippen LogP contribution in [0.1, 0.15) is 26.2 Å². The van der Waals surface area contributed by atoms with E-state index >= 15 is 0 Å². The number of hydrogen-bond donors (Lipinski definition) is 2. The predicted octanol–water partition coefficient (Wildman–Crippen LogP) is 0.0189. The summed E-state index contributed by atoms with van der Waals surface area (Å²) in [6.45, 7) is 2.67. The molecule has 76 valence electrons. The number of carbonyl (C=O) groups is 1. The number of nitrogens with two attached hydrogens (primary N) is 1. The van der Waals surface area contributed by atoms with E-state index in [0.717, 1.165) is 6.42 Å². The SMILES string of the molecule is CCC1CC(NC)(C(N)=O)CCO1. The second kappa shape index (κ2) is 4.07. The molecule has 2 atom stereocenters. The summed E-state index contributed by atoms with van der Waals surface area (Å²) in [5.74, 6) is -0.267. The molecule has 1 fully saturated rings. The molecule has 4 nitrogen and oxygen atoms in total. The van der Waals surface area contributed by atoms with Gasteiger partial charge in [0, 0.05) is 13.0 Å². The third kappa shape index (κ3) is 2.00. The maximum atomic E-state index is 11.3. The number of hydrogen-bond acceptors (Lipinski definition) is 3. The molecule has 13 heavy (non-hydrogen) atoms. The Hall–Kier alpha value is -0.610. The third-order valence-electron chi connectivity index (χ3n) is 2.86. The highest BCUT2D eigenvalue weighted by molar-refractivity contribution is 5.84. The molecule has 0 saturated carbocycles. The van der Waals surface area contributed by atoms with E-state index in [4.69, 9.17) is 10.5 Å². The lowest BCUT2D eigenvalue weighted by atomic mass is 9.85. The van der Waals surface area contributed by atoms with E-state index in [1.165, 1.54) is 0 Å². The van der Waals surface area contributed by atoms with E-state index in [-0.39, 0.29) is 12.0 Å². The Kier molecular flexibility index (Phi) is 3.27. The first-order valence-corrected chi connectivity index (χ1v) is 4.75. The maximum Gasteiger partial charge on any atom is 0.237 e. The molecule has 3 N–H and O–H groups in total. The van der Waals surface area contributed by atoms with Crippen LogP contribution in [-0.4, -0.2) is 31.2 Å². The predicted molar refractivity (Wildman–Crippen MR) is 50.3 cm³/mol. The van der Waals surface area contributed by atoms with E-state index < -0.39 is 5.54 Å². The van der Waals surface area contributed by atoms with Crippen molar-refractivity contribution in [3.05, 3.63) is 0 Å². The lowest BCUT2D eigenvalue weighted by Crippen LogP contribution is -2.58. The smallest absolute Gasteiger partial charge is 0.237 e. The highest BCUT2D eigenvalue weighted by atomic mass is 16.5. The lowest BCUT2D eigenvalue weighted by Gasteiger charge is -2.38. The average molecular weight is 186 g/mol. The van der Waals surface area contributed by atoms with Crippen LogP contribution in [0.2, 0.25) is 0 Å². The highest BCUT2D eigenvalue weighted by Crippen LogP contribution is 2.25. The number of carbonyl (C=O) groups excluding carboxylic acids is 1. The fourth-order valence-electron chi connectivity index (χ4n) is 1.79. The summed E-state index contributed by atoms with van der Waals surface area (Å²) < 4.78 is 5.49. The number of likely N-dealkylation sites (N-methyl/N-ethyl adjacent to an activating group) is 1. The monoisotopic (exact) mass is 186 g/mol. The zero-order valence-electron chi connectivity index (χ0n) is 8.30. The minimum atomic E-state index is -0.543. The number of primary amides is 1. The van der Waals surface area contributed by atoms with Crippen LogP contribution in [0.3, 0.4) is 0 Å². The Morgan fingerprint density at radius 3 is 2.92 bits per heavy atom. The van der Waals surface area contributed by atoms with Gasteiger partial charge in [0.2, 0.25) is 5.91 Å². The molecule has 1 aliphatic rings. The standard InChI is InChI=1S/C9H18N2O2/c1-3-7-6-9(11-2,8(10)12)4-5-13-7/h7,11H,3-6H2,1-2H3,(H2,10,12). The second-order valence-corrected chi connectivity index (χ2v) is 3.55. The summed E-state index contributed by atoms with van der Waals surface area (Å²) in [5.41, 5.74) is 4.83. The molecule has 0 spiro atoms. The molecular formula is C9H18N2O2. The van der Waals surface area contributed by atoms with Crippen LogP contribution in [0.15, 0.2) is 0 Å². The van der Waals surface area contributed by atoms with Gasteiger partial charge >= 0.3 is 0 Å². The molecule has 0 aromatic carbocycles. The van der Waals surface area contributed by atoms with Crippen LogP contribution in [-0.2, 0) is 9.53 Å². The molecule has 1 rings (SSSR count). The van der Waals surface area contributed by atoms with Crippen molar-refractivity contribution in [2.45, 2.75) is 37.8 Å². The summed E-state index contributed by atoms with van der Waals surface area (Å²) in [6, 6.07) is 0. The van der Waals surface area contributed by atoms with Crippen molar-refractivity contribution < 1.29 is 9.53 Å². The van der Waals surface area contributed by atoms with Crippen molar-refractivity contribution in [2.24, 2.45) is 5.73 Å². The Bertz CT molecular complexity index is 196. The fraction of sp³-hybridized carbons (Fsp3) is 0.889. The van der Waals surface area contributed by atoms with E-state index in [0.29, 0.717) is 19.4 Å². The summed E-state index contributed by atoms with van der Waals surface area (Å²) in [5, 5.41) is 3.03. The topological polar surface area (TPSA) is 64.3 Å². The van der Waals surface area contributed by atoms with E-state index in [2.05, 4.69) is 12.2 Å². The van der Waals surface area contributed by atoms with Gasteiger partial charge in [-0.1, -0.05) is 6.92 Å². The van der Waals surface area contributed by atoms with Gasteiger partial charge in [0.1, 0.15) is 5.54 Å². The fourth-order valence-corrected chi connectivity index (χ4v) is 1.79. The lowest BCUT2D eigenvalue weighted by molar-refractivity contribution is -0.131. The molecule has 2 unspecified atom stereocenters. The van der Waals surface area contributed by atoms with Gasteiger partial charge in [-0.2, -0.15) is 0 Å². The molecule has 0 radical (unpaired) electrons. The molecule has 1 aliphatic heterocycles. The van der Waals surface area contributed by atoms with Gasteiger partial charge in [0.15, 0.2) is 0 Å². The van der Waals surface area contributed by atoms with Gasteiger partial charge in [-0.3, -0.25) is 4.79 Å². The van der Waals surface area contributed by atoms with Crippen molar-refractivity contribution in [2.75, 3.05) is 13.7 Å². The van der Waals surface area contributed by atoms with Gasteiger partial charge in [0.05, 0.1) is 6.10 Å². The summed E-state index contributed by atoms with van der Waals surface area (Å²) in [6.07, 6.45) is 2.45. The van der Waals surface area contributed by atoms with Crippen molar-refractivity contribution in [3.8, 4) is 0 Å². The van der Waals surface area contributed by atoms with Gasteiger partial charge in [-0.15, -0.1) is 0 Å². The molecule has 4 heteroatoms. The number of nitrogens with one attached hydrogen (secondary N) is 1. The van der Waals surface area contributed by atoms with E-state index in [1.54, 1.807) is 7.05 Å². The van der Waals surface area contributed by atoms with Crippen LogP contribution in [0.25, 0.3) is 0 Å². The van der Waals surface area contributed by atoms with Gasteiger partial charge in [-0.25, -0.2) is 0 Å². The van der Waals surface area contributed by atoms with Crippen molar-refractivity contribution in [1.29, 1.82) is 0 Å². The van der Waals surface area contributed by atoms with E-state index in [9.17, 15) is 4.79 Å².